The van der Waals surface area contributed by atoms with Gasteiger partial charge in [0.2, 0.25) is 5.88 Å². The first kappa shape index (κ1) is 17.8. The molecule has 9 heteroatoms. The van der Waals surface area contributed by atoms with Crippen LogP contribution in [0.3, 0.4) is 0 Å². The second-order valence-corrected chi connectivity index (χ2v) is 6.68. The molecular formula is C18H18F3N3O3. The molecule has 4 rings (SSSR count). The predicted octanol–water partition coefficient (Wildman–Crippen LogP) is 2.24. The largest absolute Gasteiger partial charge is 0.473 e. The summed E-state index contributed by atoms with van der Waals surface area (Å²) < 4.78 is 52.4. The summed E-state index contributed by atoms with van der Waals surface area (Å²) in [7, 11) is 0. The molecule has 2 aliphatic heterocycles. The molecule has 0 saturated carbocycles. The number of hydrogen-bond acceptors (Lipinski definition) is 5. The minimum Gasteiger partial charge on any atom is -0.473 e. The van der Waals surface area contributed by atoms with E-state index in [2.05, 4.69) is 9.88 Å². The van der Waals surface area contributed by atoms with Gasteiger partial charge in [-0.05, 0) is 24.1 Å². The number of nitrogens with zero attached hydrogens (tertiary/aromatic N) is 3. The highest BCUT2D eigenvalue weighted by Gasteiger charge is 2.36. The zero-order valence-electron chi connectivity index (χ0n) is 14.6. The van der Waals surface area contributed by atoms with Gasteiger partial charge in [0, 0.05) is 12.6 Å². The van der Waals surface area contributed by atoms with Crippen LogP contribution in [0, 0.1) is 17.5 Å². The number of rotatable bonds is 4. The minimum atomic E-state index is -1.53. The average Bonchev–Trinajstić information content (AvgIpc) is 3.02. The predicted molar refractivity (Wildman–Crippen MR) is 90.3 cm³/mol. The topological polar surface area (TPSA) is 56.6 Å². The van der Waals surface area contributed by atoms with E-state index >= 15 is 0 Å². The van der Waals surface area contributed by atoms with Gasteiger partial charge in [0.25, 0.3) is 0 Å². The van der Waals surface area contributed by atoms with Crippen molar-refractivity contribution in [3.05, 3.63) is 51.7 Å². The van der Waals surface area contributed by atoms with Crippen LogP contribution >= 0.6 is 0 Å². The lowest BCUT2D eigenvalue weighted by Crippen LogP contribution is -2.47. The van der Waals surface area contributed by atoms with Crippen LogP contribution in [0.1, 0.15) is 18.9 Å². The third-order valence-corrected chi connectivity index (χ3v) is 4.90. The molecule has 6 nitrogen and oxygen atoms in total. The van der Waals surface area contributed by atoms with Crippen LogP contribution in [0.4, 0.5) is 19.0 Å². The third-order valence-electron chi connectivity index (χ3n) is 4.90. The fraction of sp³-hybridized carbons (Fsp3) is 0.444. The van der Waals surface area contributed by atoms with E-state index in [1.54, 1.807) is 10.6 Å². The molecule has 0 radical (unpaired) electrons. The van der Waals surface area contributed by atoms with Gasteiger partial charge in [0.05, 0.1) is 25.3 Å². The lowest BCUT2D eigenvalue weighted by atomic mass is 10.1. The normalized spacial score (nSPS) is 21.1. The van der Waals surface area contributed by atoms with E-state index < -0.39 is 23.1 Å². The van der Waals surface area contributed by atoms with E-state index in [-0.39, 0.29) is 30.2 Å². The first-order chi connectivity index (χ1) is 13.0. The van der Waals surface area contributed by atoms with Crippen molar-refractivity contribution in [3.63, 3.8) is 0 Å². The highest BCUT2D eigenvalue weighted by Crippen LogP contribution is 2.30. The molecule has 0 spiro atoms. The van der Waals surface area contributed by atoms with Crippen molar-refractivity contribution in [1.29, 1.82) is 0 Å². The van der Waals surface area contributed by atoms with Gasteiger partial charge in [-0.1, -0.05) is 6.92 Å². The molecule has 2 aromatic rings. The summed E-state index contributed by atoms with van der Waals surface area (Å²) in [5, 5.41) is 0. The van der Waals surface area contributed by atoms with Crippen LogP contribution in [0.5, 0.6) is 5.88 Å². The van der Waals surface area contributed by atoms with Crippen molar-refractivity contribution < 1.29 is 22.6 Å². The Balaban J connectivity index is 1.56. The molecule has 1 aromatic carbocycles. The van der Waals surface area contributed by atoms with Gasteiger partial charge in [-0.25, -0.2) is 18.0 Å². The van der Waals surface area contributed by atoms with Gasteiger partial charge in [-0.2, -0.15) is 4.98 Å². The second-order valence-electron chi connectivity index (χ2n) is 6.68. The van der Waals surface area contributed by atoms with E-state index in [9.17, 15) is 18.0 Å². The Morgan fingerprint density at radius 1 is 1.22 bits per heavy atom. The summed E-state index contributed by atoms with van der Waals surface area (Å²) in [6.07, 6.45) is 0.953. The molecule has 1 aromatic heterocycles. The maximum atomic E-state index is 13.3. The first-order valence-corrected chi connectivity index (χ1v) is 8.72. The summed E-state index contributed by atoms with van der Waals surface area (Å²) >= 11 is 0. The van der Waals surface area contributed by atoms with E-state index in [4.69, 9.17) is 9.47 Å². The molecule has 27 heavy (non-hydrogen) atoms. The molecule has 2 aliphatic rings. The Morgan fingerprint density at radius 3 is 2.67 bits per heavy atom. The molecule has 1 saturated heterocycles. The number of morpholine rings is 1. The number of anilines is 1. The molecule has 0 bridgehead atoms. The SMILES string of the molecule is CC[C@H]1CN2c3cc(OCc4cc(F)c(F)c(F)c4)nc(=O)n3CC2CO1. The smallest absolute Gasteiger partial charge is 0.352 e. The van der Waals surface area contributed by atoms with Crippen molar-refractivity contribution in [2.24, 2.45) is 0 Å². The van der Waals surface area contributed by atoms with Crippen molar-refractivity contribution >= 4 is 5.82 Å². The van der Waals surface area contributed by atoms with Gasteiger partial charge in [-0.15, -0.1) is 0 Å². The number of halogens is 3. The number of benzene rings is 1. The Bertz CT molecular complexity index is 911. The fourth-order valence-electron chi connectivity index (χ4n) is 3.45. The third kappa shape index (κ3) is 3.27. The van der Waals surface area contributed by atoms with E-state index in [0.29, 0.717) is 25.5 Å². The molecule has 0 aliphatic carbocycles. The standard InChI is InChI=1S/C18H18F3N3O3/c1-2-12-7-23-11(9-26-12)6-24-16(23)5-15(22-18(24)25)27-8-10-3-13(19)17(21)14(20)4-10/h3-5,11-12H,2,6-9H2,1H3/t11?,12-/m0/s1. The van der Waals surface area contributed by atoms with Gasteiger partial charge >= 0.3 is 5.69 Å². The summed E-state index contributed by atoms with van der Waals surface area (Å²) in [5.74, 6) is -3.38. The van der Waals surface area contributed by atoms with Crippen molar-refractivity contribution in [2.45, 2.75) is 38.6 Å². The molecule has 0 amide bonds. The Kier molecular flexibility index (Phi) is 4.55. The van der Waals surface area contributed by atoms with Crippen LogP contribution < -0.4 is 15.3 Å². The molecule has 1 unspecified atom stereocenters. The fourth-order valence-corrected chi connectivity index (χ4v) is 3.45. The Hall–Kier alpha value is -2.55. The van der Waals surface area contributed by atoms with Crippen LogP contribution in [0.25, 0.3) is 0 Å². The molecule has 2 atom stereocenters. The molecule has 0 N–H and O–H groups in total. The highest BCUT2D eigenvalue weighted by atomic mass is 19.2. The molecule has 3 heterocycles. The first-order valence-electron chi connectivity index (χ1n) is 8.72. The molecule has 1 fully saturated rings. The number of ether oxygens (including phenoxy) is 2. The van der Waals surface area contributed by atoms with Crippen LogP contribution in [-0.4, -0.2) is 34.8 Å². The Labute approximate surface area is 153 Å². The van der Waals surface area contributed by atoms with E-state index in [1.165, 1.54) is 0 Å². The van der Waals surface area contributed by atoms with Crippen molar-refractivity contribution in [3.8, 4) is 5.88 Å². The average molecular weight is 381 g/mol. The van der Waals surface area contributed by atoms with Gasteiger partial charge < -0.3 is 14.4 Å². The second kappa shape index (κ2) is 6.88. The van der Waals surface area contributed by atoms with Gasteiger partial charge in [0.1, 0.15) is 12.4 Å². The summed E-state index contributed by atoms with van der Waals surface area (Å²) in [5.41, 5.74) is -0.356. The van der Waals surface area contributed by atoms with E-state index in [0.717, 1.165) is 18.6 Å². The maximum absolute atomic E-state index is 13.3. The lowest BCUT2D eigenvalue weighted by Gasteiger charge is -2.35. The molecule has 144 valence electrons. The van der Waals surface area contributed by atoms with Crippen LogP contribution in [0.15, 0.2) is 23.0 Å². The maximum Gasteiger partial charge on any atom is 0.352 e. The zero-order valence-corrected chi connectivity index (χ0v) is 14.6. The summed E-state index contributed by atoms with van der Waals surface area (Å²) in [6, 6.07) is 3.40. The van der Waals surface area contributed by atoms with E-state index in [1.807, 2.05) is 6.92 Å². The number of fused-ring (bicyclic) bond motifs is 3. The monoisotopic (exact) mass is 381 g/mol. The highest BCUT2D eigenvalue weighted by molar-refractivity contribution is 5.47. The van der Waals surface area contributed by atoms with Crippen LogP contribution in [-0.2, 0) is 17.9 Å². The minimum absolute atomic E-state index is 0.0524. The van der Waals surface area contributed by atoms with Crippen molar-refractivity contribution in [2.75, 3.05) is 18.1 Å². The quantitative estimate of drug-likeness (QED) is 0.761. The van der Waals surface area contributed by atoms with Gasteiger partial charge in [0.15, 0.2) is 17.5 Å². The van der Waals surface area contributed by atoms with Gasteiger partial charge in [-0.3, -0.25) is 4.57 Å². The molecular weight excluding hydrogens is 363 g/mol. The Morgan fingerprint density at radius 2 is 1.96 bits per heavy atom. The summed E-state index contributed by atoms with van der Waals surface area (Å²) in [4.78, 5) is 18.3. The number of aromatic nitrogens is 2. The zero-order chi connectivity index (χ0) is 19.1. The summed E-state index contributed by atoms with van der Waals surface area (Å²) in [6.45, 7) is 3.49. The van der Waals surface area contributed by atoms with Crippen LogP contribution in [0.2, 0.25) is 0 Å². The number of hydrogen-bond donors (Lipinski definition) is 0. The lowest BCUT2D eigenvalue weighted by molar-refractivity contribution is 0.0188. The van der Waals surface area contributed by atoms with Crippen molar-refractivity contribution in [1.82, 2.24) is 9.55 Å².